The fourth-order valence-corrected chi connectivity index (χ4v) is 3.68. The Labute approximate surface area is 164 Å². The average molecular weight is 390 g/mol. The summed E-state index contributed by atoms with van der Waals surface area (Å²) >= 11 is 1.50. The predicted molar refractivity (Wildman–Crippen MR) is 107 cm³/mol. The van der Waals surface area contributed by atoms with E-state index in [1.54, 1.807) is 10.4 Å². The highest BCUT2D eigenvalue weighted by molar-refractivity contribution is 7.07. The van der Waals surface area contributed by atoms with Gasteiger partial charge in [-0.05, 0) is 37.3 Å². The van der Waals surface area contributed by atoms with Crippen molar-refractivity contribution in [3.63, 3.8) is 0 Å². The zero-order valence-corrected chi connectivity index (χ0v) is 16.8. The molecule has 1 amide bonds. The molecule has 1 aliphatic rings. The summed E-state index contributed by atoms with van der Waals surface area (Å²) in [7, 11) is 4.05. The summed E-state index contributed by atoms with van der Waals surface area (Å²) in [5.41, 5.74) is 3.68. The quantitative estimate of drug-likeness (QED) is 0.716. The van der Waals surface area contributed by atoms with E-state index in [2.05, 4.69) is 22.0 Å². The fourth-order valence-electron chi connectivity index (χ4n) is 3.13. The van der Waals surface area contributed by atoms with Gasteiger partial charge in [0.25, 0.3) is 0 Å². The first kappa shape index (κ1) is 19.5. The van der Waals surface area contributed by atoms with Gasteiger partial charge in [-0.1, -0.05) is 6.07 Å². The Morgan fingerprint density at radius 1 is 1.33 bits per heavy atom. The Hall–Kier alpha value is -2.28. The molecule has 6 nitrogen and oxygen atoms in total. The van der Waals surface area contributed by atoms with Crippen molar-refractivity contribution < 1.29 is 14.3 Å². The molecular formula is C20H27N3O3S. The SMILES string of the molecule is CN(C)c1cccc(OCCC2CCN(C(=O)OCc3cscn3)CC2)c1. The number of ether oxygens (including phenoxy) is 2. The largest absolute Gasteiger partial charge is 0.494 e. The first-order chi connectivity index (χ1) is 13.1. The number of benzene rings is 1. The van der Waals surface area contributed by atoms with E-state index >= 15 is 0 Å². The lowest BCUT2D eigenvalue weighted by atomic mass is 9.94. The number of likely N-dealkylation sites (tertiary alicyclic amines) is 1. The summed E-state index contributed by atoms with van der Waals surface area (Å²) in [4.78, 5) is 20.1. The minimum absolute atomic E-state index is 0.238. The lowest BCUT2D eigenvalue weighted by molar-refractivity contribution is 0.0792. The molecule has 2 heterocycles. The number of carbonyl (C=O) groups excluding carboxylic acids is 1. The van der Waals surface area contributed by atoms with Crippen LogP contribution >= 0.6 is 11.3 Å². The second-order valence-corrected chi connectivity index (χ2v) is 7.71. The molecule has 1 aliphatic heterocycles. The second kappa shape index (κ2) is 9.60. The lowest BCUT2D eigenvalue weighted by Gasteiger charge is -2.31. The molecular weight excluding hydrogens is 362 g/mol. The van der Waals surface area contributed by atoms with E-state index < -0.39 is 0 Å². The third-order valence-corrected chi connectivity index (χ3v) is 5.46. The fraction of sp³-hybridized carbons (Fsp3) is 0.500. The van der Waals surface area contributed by atoms with Crippen molar-refractivity contribution in [3.05, 3.63) is 40.8 Å². The number of aromatic nitrogens is 1. The molecule has 0 saturated carbocycles. The first-order valence-electron chi connectivity index (χ1n) is 9.31. The Bertz CT molecular complexity index is 713. The maximum Gasteiger partial charge on any atom is 0.410 e. The van der Waals surface area contributed by atoms with Gasteiger partial charge in [-0.25, -0.2) is 9.78 Å². The van der Waals surface area contributed by atoms with Crippen molar-refractivity contribution in [2.75, 3.05) is 38.7 Å². The zero-order valence-electron chi connectivity index (χ0n) is 16.0. The van der Waals surface area contributed by atoms with Gasteiger partial charge in [-0.15, -0.1) is 11.3 Å². The van der Waals surface area contributed by atoms with Gasteiger partial charge in [0.2, 0.25) is 0 Å². The smallest absolute Gasteiger partial charge is 0.410 e. The number of carbonyl (C=O) groups is 1. The minimum atomic E-state index is -0.238. The summed E-state index contributed by atoms with van der Waals surface area (Å²) in [5.74, 6) is 1.49. The molecule has 0 spiro atoms. The van der Waals surface area contributed by atoms with Gasteiger partial charge in [0, 0.05) is 44.3 Å². The maximum absolute atomic E-state index is 12.1. The van der Waals surface area contributed by atoms with E-state index in [9.17, 15) is 4.79 Å². The minimum Gasteiger partial charge on any atom is -0.494 e. The van der Waals surface area contributed by atoms with Crippen LogP contribution in [0, 0.1) is 5.92 Å². The standard InChI is InChI=1S/C20H27N3O3S/c1-22(2)18-4-3-5-19(12-18)25-11-8-16-6-9-23(10-7-16)20(24)26-13-17-14-27-15-21-17/h3-5,12,14-16H,6-11,13H2,1-2H3. The van der Waals surface area contributed by atoms with Crippen LogP contribution < -0.4 is 9.64 Å². The van der Waals surface area contributed by atoms with Crippen LogP contribution in [0.2, 0.25) is 0 Å². The molecule has 0 radical (unpaired) electrons. The van der Waals surface area contributed by atoms with Crippen molar-refractivity contribution >= 4 is 23.1 Å². The van der Waals surface area contributed by atoms with Gasteiger partial charge in [-0.3, -0.25) is 0 Å². The van der Waals surface area contributed by atoms with Crippen LogP contribution in [0.15, 0.2) is 35.2 Å². The maximum atomic E-state index is 12.1. The van der Waals surface area contributed by atoms with Crippen LogP contribution in [0.1, 0.15) is 25.0 Å². The Balaban J connectivity index is 1.34. The molecule has 2 aromatic rings. The molecule has 1 saturated heterocycles. The molecule has 7 heteroatoms. The van der Waals surface area contributed by atoms with Gasteiger partial charge in [0.05, 0.1) is 17.8 Å². The Morgan fingerprint density at radius 2 is 2.15 bits per heavy atom. The third-order valence-electron chi connectivity index (χ3n) is 4.83. The molecule has 0 N–H and O–H groups in total. The number of hydrogen-bond donors (Lipinski definition) is 0. The van der Waals surface area contributed by atoms with Gasteiger partial charge >= 0.3 is 6.09 Å². The molecule has 3 rings (SSSR count). The number of hydrogen-bond acceptors (Lipinski definition) is 6. The van der Waals surface area contributed by atoms with E-state index in [1.165, 1.54) is 11.3 Å². The van der Waals surface area contributed by atoms with Gasteiger partial charge in [0.15, 0.2) is 0 Å². The van der Waals surface area contributed by atoms with Crippen LogP contribution in [0.3, 0.4) is 0 Å². The van der Waals surface area contributed by atoms with E-state index in [1.807, 2.05) is 31.6 Å². The summed E-state index contributed by atoms with van der Waals surface area (Å²) in [5, 5.41) is 1.90. The molecule has 1 aromatic heterocycles. The van der Waals surface area contributed by atoms with Gasteiger partial charge < -0.3 is 19.3 Å². The molecule has 0 atom stereocenters. The van der Waals surface area contributed by atoms with Crippen molar-refractivity contribution in [2.24, 2.45) is 5.92 Å². The van der Waals surface area contributed by atoms with E-state index in [0.717, 1.165) is 49.5 Å². The molecule has 0 unspecified atom stereocenters. The van der Waals surface area contributed by atoms with E-state index in [0.29, 0.717) is 12.5 Å². The lowest BCUT2D eigenvalue weighted by Crippen LogP contribution is -2.39. The van der Waals surface area contributed by atoms with Crippen molar-refractivity contribution in [1.29, 1.82) is 0 Å². The van der Waals surface area contributed by atoms with Crippen LogP contribution in [-0.4, -0.2) is 49.8 Å². The van der Waals surface area contributed by atoms with Crippen LogP contribution in [0.4, 0.5) is 10.5 Å². The van der Waals surface area contributed by atoms with Crippen molar-refractivity contribution in [3.8, 4) is 5.75 Å². The molecule has 0 bridgehead atoms. The number of rotatable bonds is 7. The van der Waals surface area contributed by atoms with Gasteiger partial charge in [-0.2, -0.15) is 0 Å². The van der Waals surface area contributed by atoms with Crippen molar-refractivity contribution in [1.82, 2.24) is 9.88 Å². The molecule has 27 heavy (non-hydrogen) atoms. The van der Waals surface area contributed by atoms with Crippen molar-refractivity contribution in [2.45, 2.75) is 25.9 Å². The summed E-state index contributed by atoms with van der Waals surface area (Å²) in [6.07, 6.45) is 2.76. The summed E-state index contributed by atoms with van der Waals surface area (Å²) in [6.45, 7) is 2.45. The highest BCUT2D eigenvalue weighted by Gasteiger charge is 2.23. The number of amides is 1. The zero-order chi connectivity index (χ0) is 19.1. The highest BCUT2D eigenvalue weighted by Crippen LogP contribution is 2.23. The average Bonchev–Trinajstić information content (AvgIpc) is 3.20. The second-order valence-electron chi connectivity index (χ2n) is 6.99. The predicted octanol–water partition coefficient (Wildman–Crippen LogP) is 4.03. The van der Waals surface area contributed by atoms with Gasteiger partial charge in [0.1, 0.15) is 12.4 Å². The molecule has 0 aliphatic carbocycles. The molecule has 1 aromatic carbocycles. The highest BCUT2D eigenvalue weighted by atomic mass is 32.1. The Morgan fingerprint density at radius 3 is 2.85 bits per heavy atom. The summed E-state index contributed by atoms with van der Waals surface area (Å²) in [6, 6.07) is 8.13. The topological polar surface area (TPSA) is 54.9 Å². The normalized spacial score (nSPS) is 14.8. The monoisotopic (exact) mass is 389 g/mol. The summed E-state index contributed by atoms with van der Waals surface area (Å²) < 4.78 is 11.2. The van der Waals surface area contributed by atoms with Crippen LogP contribution in [0.25, 0.3) is 0 Å². The van der Waals surface area contributed by atoms with Crippen LogP contribution in [-0.2, 0) is 11.3 Å². The molecule has 1 fully saturated rings. The van der Waals surface area contributed by atoms with E-state index in [4.69, 9.17) is 9.47 Å². The number of anilines is 1. The Kier molecular flexibility index (Phi) is 6.92. The third kappa shape index (κ3) is 5.85. The number of piperidine rings is 1. The number of thiazole rings is 1. The number of nitrogens with zero attached hydrogens (tertiary/aromatic N) is 3. The van der Waals surface area contributed by atoms with E-state index in [-0.39, 0.29) is 12.7 Å². The van der Waals surface area contributed by atoms with Crippen LogP contribution in [0.5, 0.6) is 5.75 Å². The molecule has 146 valence electrons. The first-order valence-corrected chi connectivity index (χ1v) is 10.2.